The summed E-state index contributed by atoms with van der Waals surface area (Å²) in [5, 5.41) is 0. The van der Waals surface area contributed by atoms with E-state index in [1.807, 2.05) is 6.92 Å². The van der Waals surface area contributed by atoms with E-state index in [9.17, 15) is 8.42 Å². The third-order valence-electron chi connectivity index (χ3n) is 11.0. The van der Waals surface area contributed by atoms with Gasteiger partial charge in [-0.15, -0.1) is 0 Å². The lowest BCUT2D eigenvalue weighted by Crippen LogP contribution is -2.62. The maximum atomic E-state index is 12.6. The quantitative estimate of drug-likeness (QED) is 0.109. The van der Waals surface area contributed by atoms with Gasteiger partial charge in [-0.05, 0) is 117 Å². The molecule has 5 nitrogen and oxygen atoms in total. The monoisotopic (exact) mass is 692 g/mol. The normalized spacial score (nSPS) is 33.0. The molecular formula is C34H45IO5S. The van der Waals surface area contributed by atoms with E-state index in [0.29, 0.717) is 18.3 Å². The van der Waals surface area contributed by atoms with E-state index < -0.39 is 10.1 Å². The minimum atomic E-state index is -3.73. The third kappa shape index (κ3) is 5.51. The van der Waals surface area contributed by atoms with Crippen LogP contribution in [0.4, 0.5) is 0 Å². The molecule has 2 aromatic carbocycles. The molecule has 3 aliphatic carbocycles. The van der Waals surface area contributed by atoms with Crippen LogP contribution < -0.4 is 4.74 Å². The molecule has 0 bridgehead atoms. The molecule has 0 aromatic heterocycles. The minimum absolute atomic E-state index is 0.0111. The number of halogens is 1. The molecule has 224 valence electrons. The fraction of sp³-hybridized carbons (Fsp3) is 0.647. The average Bonchev–Trinajstić information content (AvgIpc) is 3.25. The summed E-state index contributed by atoms with van der Waals surface area (Å²) in [5.74, 6) is 3.16. The molecule has 3 fully saturated rings. The van der Waals surface area contributed by atoms with Crippen LogP contribution in [0, 0.1) is 24.2 Å². The molecule has 0 amide bonds. The first-order valence-electron chi connectivity index (χ1n) is 15.7. The summed E-state index contributed by atoms with van der Waals surface area (Å²) in [6.45, 7) is 7.66. The van der Waals surface area contributed by atoms with Crippen molar-refractivity contribution in [2.45, 2.75) is 111 Å². The van der Waals surface area contributed by atoms with Gasteiger partial charge in [0.05, 0.1) is 29.8 Å². The van der Waals surface area contributed by atoms with Crippen molar-refractivity contribution >= 4 is 32.7 Å². The van der Waals surface area contributed by atoms with E-state index in [2.05, 4.69) is 54.6 Å². The summed E-state index contributed by atoms with van der Waals surface area (Å²) in [4.78, 5) is 0.221. The first-order chi connectivity index (χ1) is 19.7. The van der Waals surface area contributed by atoms with Gasteiger partial charge in [0, 0.05) is 10.3 Å². The number of ether oxygens (including phenoxy) is 2. The van der Waals surface area contributed by atoms with E-state index in [-0.39, 0.29) is 32.5 Å². The molecule has 41 heavy (non-hydrogen) atoms. The highest BCUT2D eigenvalue weighted by atomic mass is 127. The largest absolute Gasteiger partial charge is 0.494 e. The fourth-order valence-corrected chi connectivity index (χ4v) is 10.2. The predicted octanol–water partition coefficient (Wildman–Crippen LogP) is 8.16. The van der Waals surface area contributed by atoms with Crippen molar-refractivity contribution in [2.75, 3.05) is 13.2 Å². The average molecular weight is 693 g/mol. The minimum Gasteiger partial charge on any atom is -0.494 e. The van der Waals surface area contributed by atoms with Crippen molar-refractivity contribution in [1.29, 1.82) is 0 Å². The van der Waals surface area contributed by atoms with Crippen molar-refractivity contribution in [2.24, 2.45) is 17.3 Å². The zero-order chi connectivity index (χ0) is 28.8. The Morgan fingerprint density at radius 2 is 1.85 bits per heavy atom. The summed E-state index contributed by atoms with van der Waals surface area (Å²) in [6, 6.07) is 13.7. The van der Waals surface area contributed by atoms with Crippen LogP contribution in [0.2, 0.25) is 0 Å². The number of fused-ring (bicyclic) bond motifs is 6. The Bertz CT molecular complexity index is 1340. The number of benzene rings is 2. The van der Waals surface area contributed by atoms with Gasteiger partial charge in [-0.3, -0.25) is 4.18 Å². The molecular weight excluding hydrogens is 647 g/mol. The van der Waals surface area contributed by atoms with Crippen LogP contribution >= 0.6 is 22.6 Å². The molecule has 1 heterocycles. The summed E-state index contributed by atoms with van der Waals surface area (Å²) in [5.41, 5.74) is 4.33. The summed E-state index contributed by atoms with van der Waals surface area (Å²) in [6.07, 6.45) is 11.5. The number of rotatable bonds is 10. The topological polar surface area (TPSA) is 61.8 Å². The van der Waals surface area contributed by atoms with Gasteiger partial charge in [-0.25, -0.2) is 0 Å². The van der Waals surface area contributed by atoms with Crippen LogP contribution in [0.3, 0.4) is 0 Å². The van der Waals surface area contributed by atoms with Crippen LogP contribution in [0.1, 0.15) is 94.2 Å². The van der Waals surface area contributed by atoms with Gasteiger partial charge < -0.3 is 9.47 Å². The molecule has 6 rings (SSSR count). The third-order valence-corrected chi connectivity index (χ3v) is 13.8. The molecule has 1 saturated heterocycles. The lowest BCUT2D eigenvalue weighted by atomic mass is 9.52. The molecule has 7 heteroatoms. The van der Waals surface area contributed by atoms with Crippen LogP contribution in [-0.4, -0.2) is 37.3 Å². The van der Waals surface area contributed by atoms with Crippen molar-refractivity contribution in [3.05, 3.63) is 59.2 Å². The smallest absolute Gasteiger partial charge is 0.296 e. The Balaban J connectivity index is 1.05. The lowest BCUT2D eigenvalue weighted by molar-refractivity contribution is -0.262. The van der Waals surface area contributed by atoms with Gasteiger partial charge in [-0.2, -0.15) is 8.42 Å². The van der Waals surface area contributed by atoms with Crippen molar-refractivity contribution in [3.63, 3.8) is 0 Å². The van der Waals surface area contributed by atoms with Crippen molar-refractivity contribution in [1.82, 2.24) is 0 Å². The SMILES string of the molecule is CCCCOc1ccc2c(c1)CC[C@@H]1[C@@H]2CC[C@@]2(C)[C@H]1CC[C@@]21C[C@@H]([C@@H](I)CCOS(=O)(=O)c2ccc(C)cc2)O1. The highest BCUT2D eigenvalue weighted by molar-refractivity contribution is 14.1. The van der Waals surface area contributed by atoms with Crippen LogP contribution in [0.15, 0.2) is 47.4 Å². The van der Waals surface area contributed by atoms with Gasteiger partial charge in [0.2, 0.25) is 0 Å². The molecule has 4 aliphatic rings. The van der Waals surface area contributed by atoms with Gasteiger partial charge in [-0.1, -0.05) is 66.6 Å². The maximum Gasteiger partial charge on any atom is 0.296 e. The van der Waals surface area contributed by atoms with Gasteiger partial charge >= 0.3 is 0 Å². The van der Waals surface area contributed by atoms with Gasteiger partial charge in [0.15, 0.2) is 0 Å². The Morgan fingerprint density at radius 3 is 2.61 bits per heavy atom. The van der Waals surface area contributed by atoms with Crippen molar-refractivity contribution in [3.8, 4) is 5.75 Å². The number of hydrogen-bond donors (Lipinski definition) is 0. The molecule has 0 radical (unpaired) electrons. The molecule has 1 aliphatic heterocycles. The Labute approximate surface area is 260 Å². The summed E-state index contributed by atoms with van der Waals surface area (Å²) in [7, 11) is -3.73. The van der Waals surface area contributed by atoms with E-state index >= 15 is 0 Å². The summed E-state index contributed by atoms with van der Waals surface area (Å²) >= 11 is 2.44. The maximum absolute atomic E-state index is 12.6. The lowest BCUT2D eigenvalue weighted by Gasteiger charge is -2.60. The second-order valence-electron chi connectivity index (χ2n) is 13.2. The van der Waals surface area contributed by atoms with Gasteiger partial charge in [0.1, 0.15) is 5.75 Å². The highest BCUT2D eigenvalue weighted by Crippen LogP contribution is 2.69. The van der Waals surface area contributed by atoms with E-state index in [0.717, 1.165) is 55.9 Å². The van der Waals surface area contributed by atoms with Crippen molar-refractivity contribution < 1.29 is 22.1 Å². The van der Waals surface area contributed by atoms with Crippen LogP contribution in [0.25, 0.3) is 0 Å². The standard InChI is InChI=1S/C34H45IO5S/c1-4-5-19-38-25-9-13-27-24(21-25)8-12-29-28(27)14-17-33(3)30(29)15-18-34(33)22-32(40-34)31(35)16-20-39-41(36,37)26-10-6-23(2)7-11-26/h6-7,9-11,13,21,28-32H,4-5,8,12,14-20,22H2,1-3H3/t28-,29-,30+,31+,32+,33+,34-/m1/s1. The summed E-state index contributed by atoms with van der Waals surface area (Å²) < 4.78 is 43.7. The Kier molecular flexibility index (Phi) is 8.56. The number of alkyl halides is 1. The number of aryl methyl sites for hydroxylation is 2. The zero-order valence-corrected chi connectivity index (χ0v) is 27.7. The molecule has 2 saturated carbocycles. The Hall–Kier alpha value is -1.16. The molecule has 0 N–H and O–H groups in total. The highest BCUT2D eigenvalue weighted by Gasteiger charge is 2.67. The first-order valence-corrected chi connectivity index (χ1v) is 18.3. The predicted molar refractivity (Wildman–Crippen MR) is 170 cm³/mol. The number of hydrogen-bond acceptors (Lipinski definition) is 5. The second-order valence-corrected chi connectivity index (χ2v) is 16.4. The Morgan fingerprint density at radius 1 is 1.07 bits per heavy atom. The van der Waals surface area contributed by atoms with E-state index in [4.69, 9.17) is 13.7 Å². The zero-order valence-electron chi connectivity index (χ0n) is 24.7. The molecule has 1 spiro atoms. The van der Waals surface area contributed by atoms with E-state index in [1.165, 1.54) is 31.2 Å². The molecule has 2 aromatic rings. The molecule has 7 atom stereocenters. The van der Waals surface area contributed by atoms with Gasteiger partial charge in [0.25, 0.3) is 10.1 Å². The molecule has 0 unspecified atom stereocenters. The van der Waals surface area contributed by atoms with E-state index in [1.54, 1.807) is 29.8 Å². The fourth-order valence-electron chi connectivity index (χ4n) is 8.64. The van der Waals surface area contributed by atoms with Crippen LogP contribution in [0.5, 0.6) is 5.75 Å². The second kappa shape index (κ2) is 11.7. The number of unbranched alkanes of at least 4 members (excludes halogenated alkanes) is 1. The first kappa shape index (κ1) is 29.9. The van der Waals surface area contributed by atoms with Crippen LogP contribution in [-0.2, 0) is 25.5 Å².